The predicted molar refractivity (Wildman–Crippen MR) is 49.3 cm³/mol. The molecule has 1 fully saturated rings. The zero-order chi connectivity index (χ0) is 8.81. The van der Waals surface area contributed by atoms with Gasteiger partial charge in [0.15, 0.2) is 0 Å². The van der Waals surface area contributed by atoms with Gasteiger partial charge in [0.1, 0.15) is 6.23 Å². The van der Waals surface area contributed by atoms with E-state index in [2.05, 4.69) is 5.32 Å². The Balaban J connectivity index is 2.28. The fourth-order valence-electron chi connectivity index (χ4n) is 1.28. The standard InChI is InChI=1S/C9H16N2O/c1-8(5-6-10)11-9-4-2-3-7-12-9/h5-6,9-11H,2-4,7H2,1H3/b8-5-,10-6?. The fraction of sp³-hybridized carbons (Fsp3) is 0.667. The molecule has 1 heterocycles. The summed E-state index contributed by atoms with van der Waals surface area (Å²) >= 11 is 0. The quantitative estimate of drug-likeness (QED) is 0.629. The Kier molecular flexibility index (Phi) is 3.80. The van der Waals surface area contributed by atoms with E-state index in [1.165, 1.54) is 19.1 Å². The van der Waals surface area contributed by atoms with E-state index in [4.69, 9.17) is 10.1 Å². The molecular weight excluding hydrogens is 152 g/mol. The predicted octanol–water partition coefficient (Wildman–Crippen LogP) is 1.66. The van der Waals surface area contributed by atoms with E-state index in [0.717, 1.165) is 18.7 Å². The molecule has 0 aromatic carbocycles. The molecule has 12 heavy (non-hydrogen) atoms. The first-order chi connectivity index (χ1) is 5.83. The van der Waals surface area contributed by atoms with Crippen molar-refractivity contribution in [2.75, 3.05) is 6.61 Å². The van der Waals surface area contributed by atoms with Gasteiger partial charge in [-0.05, 0) is 32.3 Å². The van der Waals surface area contributed by atoms with Crippen molar-refractivity contribution >= 4 is 6.21 Å². The average molecular weight is 168 g/mol. The lowest BCUT2D eigenvalue weighted by Gasteiger charge is -2.24. The zero-order valence-corrected chi connectivity index (χ0v) is 7.47. The van der Waals surface area contributed by atoms with E-state index in [9.17, 15) is 0 Å². The van der Waals surface area contributed by atoms with Gasteiger partial charge in [-0.15, -0.1) is 0 Å². The monoisotopic (exact) mass is 168 g/mol. The molecule has 0 bridgehead atoms. The topological polar surface area (TPSA) is 45.1 Å². The Hall–Kier alpha value is -0.830. The first-order valence-corrected chi connectivity index (χ1v) is 4.38. The average Bonchev–Trinajstić information content (AvgIpc) is 2.06. The van der Waals surface area contributed by atoms with Gasteiger partial charge < -0.3 is 15.5 Å². The Morgan fingerprint density at radius 1 is 1.58 bits per heavy atom. The normalized spacial score (nSPS) is 25.1. The zero-order valence-electron chi connectivity index (χ0n) is 7.47. The van der Waals surface area contributed by atoms with Gasteiger partial charge in [-0.2, -0.15) is 0 Å². The van der Waals surface area contributed by atoms with Crippen LogP contribution < -0.4 is 5.32 Å². The molecule has 3 heteroatoms. The summed E-state index contributed by atoms with van der Waals surface area (Å²) in [6.07, 6.45) is 6.66. The highest BCUT2D eigenvalue weighted by molar-refractivity contribution is 5.68. The number of hydrogen-bond acceptors (Lipinski definition) is 3. The van der Waals surface area contributed by atoms with Gasteiger partial charge in [-0.3, -0.25) is 0 Å². The fourth-order valence-corrected chi connectivity index (χ4v) is 1.28. The van der Waals surface area contributed by atoms with Crippen LogP contribution >= 0.6 is 0 Å². The molecule has 0 saturated carbocycles. The summed E-state index contributed by atoms with van der Waals surface area (Å²) in [7, 11) is 0. The highest BCUT2D eigenvalue weighted by atomic mass is 16.5. The molecule has 1 atom stereocenters. The molecule has 68 valence electrons. The van der Waals surface area contributed by atoms with Crippen molar-refractivity contribution in [3.05, 3.63) is 11.8 Å². The lowest BCUT2D eigenvalue weighted by Crippen LogP contribution is -2.33. The summed E-state index contributed by atoms with van der Waals surface area (Å²) in [6.45, 7) is 2.80. The molecule has 0 spiro atoms. The van der Waals surface area contributed by atoms with Crippen LogP contribution in [0.2, 0.25) is 0 Å². The molecule has 1 unspecified atom stereocenters. The molecule has 1 saturated heterocycles. The molecule has 0 aliphatic carbocycles. The lowest BCUT2D eigenvalue weighted by atomic mass is 10.2. The van der Waals surface area contributed by atoms with E-state index in [0.29, 0.717) is 0 Å². The van der Waals surface area contributed by atoms with Crippen molar-refractivity contribution < 1.29 is 4.74 Å². The van der Waals surface area contributed by atoms with Crippen LogP contribution in [0.4, 0.5) is 0 Å². The van der Waals surface area contributed by atoms with Gasteiger partial charge in [-0.25, -0.2) is 0 Å². The van der Waals surface area contributed by atoms with Crippen molar-refractivity contribution in [1.82, 2.24) is 5.32 Å². The van der Waals surface area contributed by atoms with Crippen LogP contribution in [0.1, 0.15) is 26.2 Å². The smallest absolute Gasteiger partial charge is 0.127 e. The van der Waals surface area contributed by atoms with Gasteiger partial charge in [-0.1, -0.05) is 0 Å². The van der Waals surface area contributed by atoms with Gasteiger partial charge in [0.2, 0.25) is 0 Å². The molecule has 3 nitrogen and oxygen atoms in total. The Morgan fingerprint density at radius 3 is 3.00 bits per heavy atom. The minimum atomic E-state index is 0.162. The van der Waals surface area contributed by atoms with E-state index >= 15 is 0 Å². The van der Waals surface area contributed by atoms with Crippen LogP contribution in [0.15, 0.2) is 11.8 Å². The second kappa shape index (κ2) is 4.93. The van der Waals surface area contributed by atoms with E-state index < -0.39 is 0 Å². The number of allylic oxidation sites excluding steroid dienone is 2. The van der Waals surface area contributed by atoms with Gasteiger partial charge in [0.25, 0.3) is 0 Å². The SMILES string of the molecule is C/C(=C/C=N)NC1CCCCO1. The van der Waals surface area contributed by atoms with Crippen molar-refractivity contribution in [2.24, 2.45) is 0 Å². The van der Waals surface area contributed by atoms with E-state index in [1.54, 1.807) is 6.08 Å². The third-order valence-corrected chi connectivity index (χ3v) is 1.90. The minimum absolute atomic E-state index is 0.162. The van der Waals surface area contributed by atoms with Crippen LogP contribution in [0.25, 0.3) is 0 Å². The van der Waals surface area contributed by atoms with Crippen molar-refractivity contribution in [3.63, 3.8) is 0 Å². The summed E-state index contributed by atoms with van der Waals surface area (Å²) in [6, 6.07) is 0. The van der Waals surface area contributed by atoms with Gasteiger partial charge in [0, 0.05) is 18.5 Å². The summed E-state index contributed by atoms with van der Waals surface area (Å²) in [5.74, 6) is 0. The number of nitrogens with one attached hydrogen (secondary N) is 2. The number of rotatable bonds is 3. The van der Waals surface area contributed by atoms with Crippen molar-refractivity contribution in [3.8, 4) is 0 Å². The highest BCUT2D eigenvalue weighted by Crippen LogP contribution is 2.11. The molecule has 1 rings (SSSR count). The van der Waals surface area contributed by atoms with E-state index in [-0.39, 0.29) is 6.23 Å². The third-order valence-electron chi connectivity index (χ3n) is 1.90. The maximum atomic E-state index is 6.87. The first kappa shape index (κ1) is 9.26. The second-order valence-corrected chi connectivity index (χ2v) is 3.02. The van der Waals surface area contributed by atoms with Gasteiger partial charge >= 0.3 is 0 Å². The number of hydrogen-bond donors (Lipinski definition) is 2. The Bertz CT molecular complexity index is 171. The molecule has 0 aromatic rings. The molecule has 1 aliphatic rings. The van der Waals surface area contributed by atoms with E-state index in [1.807, 2.05) is 6.92 Å². The third kappa shape index (κ3) is 3.05. The lowest BCUT2D eigenvalue weighted by molar-refractivity contribution is 0.00120. The molecule has 2 N–H and O–H groups in total. The summed E-state index contributed by atoms with van der Waals surface area (Å²) < 4.78 is 5.47. The maximum Gasteiger partial charge on any atom is 0.127 e. The number of ether oxygens (including phenoxy) is 1. The molecule has 0 radical (unpaired) electrons. The second-order valence-electron chi connectivity index (χ2n) is 3.02. The summed E-state index contributed by atoms with van der Waals surface area (Å²) in [5.41, 5.74) is 0.997. The summed E-state index contributed by atoms with van der Waals surface area (Å²) in [5, 5.41) is 10.1. The van der Waals surface area contributed by atoms with Crippen molar-refractivity contribution in [2.45, 2.75) is 32.4 Å². The van der Waals surface area contributed by atoms with Crippen LogP contribution in [-0.2, 0) is 4.74 Å². The minimum Gasteiger partial charge on any atom is -0.364 e. The van der Waals surface area contributed by atoms with Gasteiger partial charge in [0.05, 0.1) is 0 Å². The van der Waals surface area contributed by atoms with Crippen LogP contribution in [0, 0.1) is 5.41 Å². The Labute approximate surface area is 73.3 Å². The molecule has 1 aliphatic heterocycles. The first-order valence-electron chi connectivity index (χ1n) is 4.38. The van der Waals surface area contributed by atoms with Crippen LogP contribution in [0.3, 0.4) is 0 Å². The molecule has 0 aromatic heterocycles. The molecular formula is C9H16N2O. The highest BCUT2D eigenvalue weighted by Gasteiger charge is 2.12. The van der Waals surface area contributed by atoms with Crippen LogP contribution in [-0.4, -0.2) is 19.0 Å². The van der Waals surface area contributed by atoms with Crippen molar-refractivity contribution in [1.29, 1.82) is 5.41 Å². The largest absolute Gasteiger partial charge is 0.364 e. The summed E-state index contributed by atoms with van der Waals surface area (Å²) in [4.78, 5) is 0. The maximum absolute atomic E-state index is 6.87. The van der Waals surface area contributed by atoms with Crippen LogP contribution in [0.5, 0.6) is 0 Å². The molecule has 0 amide bonds. The Morgan fingerprint density at radius 2 is 2.42 bits per heavy atom.